The number of amides is 1. The van der Waals surface area contributed by atoms with E-state index >= 15 is 0 Å². The number of carbonyl (C=O) groups excluding carboxylic acids is 1. The molecule has 0 aromatic heterocycles. The molecule has 0 aliphatic rings. The molecule has 0 unspecified atom stereocenters. The topological polar surface area (TPSA) is 75.6 Å². The monoisotopic (exact) mass is 293 g/mol. The van der Waals surface area contributed by atoms with Gasteiger partial charge >= 0.3 is 12.1 Å². The number of aliphatic carboxylic acids is 1. The molecule has 1 atom stereocenters. The maximum Gasteiger partial charge on any atom is 0.408 e. The lowest BCUT2D eigenvalue weighted by atomic mass is 9.99. The average Bonchev–Trinajstić information content (AvgIpc) is 2.33. The molecule has 0 aliphatic carbocycles. The van der Waals surface area contributed by atoms with Gasteiger partial charge in [0.2, 0.25) is 0 Å². The van der Waals surface area contributed by atoms with Crippen LogP contribution in [0, 0.1) is 0 Å². The van der Waals surface area contributed by atoms with Crippen LogP contribution in [-0.2, 0) is 9.53 Å². The number of hydrogen-bond acceptors (Lipinski definition) is 3. The number of ether oxygens (including phenoxy) is 1. The third-order valence-electron chi connectivity index (χ3n) is 2.84. The Hall–Kier alpha value is -2.04. The molecular weight excluding hydrogens is 270 g/mol. The molecule has 5 heteroatoms. The van der Waals surface area contributed by atoms with Crippen molar-refractivity contribution in [2.45, 2.75) is 52.2 Å². The molecule has 21 heavy (non-hydrogen) atoms. The predicted octanol–water partition coefficient (Wildman–Crippen LogP) is 3.46. The van der Waals surface area contributed by atoms with Gasteiger partial charge in [0.25, 0.3) is 0 Å². The maximum atomic E-state index is 11.7. The first kappa shape index (κ1) is 17.0. The summed E-state index contributed by atoms with van der Waals surface area (Å²) < 4.78 is 5.09. The Morgan fingerprint density at radius 1 is 1.10 bits per heavy atom. The van der Waals surface area contributed by atoms with Crippen LogP contribution < -0.4 is 5.32 Å². The van der Waals surface area contributed by atoms with Crippen LogP contribution in [0.2, 0.25) is 0 Å². The number of hydrogen-bond donors (Lipinski definition) is 2. The van der Waals surface area contributed by atoms with E-state index in [1.54, 1.807) is 32.9 Å². The predicted molar refractivity (Wildman–Crippen MR) is 80.3 cm³/mol. The van der Waals surface area contributed by atoms with Crippen molar-refractivity contribution in [3.8, 4) is 0 Å². The van der Waals surface area contributed by atoms with Gasteiger partial charge in [0.15, 0.2) is 6.04 Å². The zero-order valence-electron chi connectivity index (χ0n) is 13.1. The Labute approximate surface area is 125 Å². The van der Waals surface area contributed by atoms with Crippen LogP contribution >= 0.6 is 0 Å². The molecule has 0 saturated heterocycles. The van der Waals surface area contributed by atoms with E-state index in [1.165, 1.54) is 0 Å². The zero-order chi connectivity index (χ0) is 16.2. The van der Waals surface area contributed by atoms with Gasteiger partial charge in [-0.1, -0.05) is 38.1 Å². The van der Waals surface area contributed by atoms with Gasteiger partial charge in [0.05, 0.1) is 0 Å². The average molecular weight is 293 g/mol. The highest BCUT2D eigenvalue weighted by Gasteiger charge is 2.25. The summed E-state index contributed by atoms with van der Waals surface area (Å²) in [5, 5.41) is 11.7. The molecular formula is C16H23NO4. The van der Waals surface area contributed by atoms with E-state index < -0.39 is 23.7 Å². The second-order valence-electron chi connectivity index (χ2n) is 6.24. The van der Waals surface area contributed by atoms with Gasteiger partial charge in [-0.25, -0.2) is 9.59 Å². The Morgan fingerprint density at radius 2 is 1.57 bits per heavy atom. The lowest BCUT2D eigenvalue weighted by molar-refractivity contribution is -0.139. The highest BCUT2D eigenvalue weighted by Crippen LogP contribution is 2.19. The van der Waals surface area contributed by atoms with Crippen molar-refractivity contribution in [1.82, 2.24) is 5.32 Å². The van der Waals surface area contributed by atoms with E-state index in [0.717, 1.165) is 5.56 Å². The standard InChI is InChI=1S/C16H23NO4/c1-10(2)11-6-8-12(9-7-11)13(14(18)19)17-15(20)21-16(3,4)5/h6-10,13H,1-5H3,(H,17,20)(H,18,19)/t13-/m0/s1. The summed E-state index contributed by atoms with van der Waals surface area (Å²) in [7, 11) is 0. The third-order valence-corrected chi connectivity index (χ3v) is 2.84. The Morgan fingerprint density at radius 3 is 1.95 bits per heavy atom. The first-order valence-corrected chi connectivity index (χ1v) is 6.92. The first-order chi connectivity index (χ1) is 9.60. The highest BCUT2D eigenvalue weighted by atomic mass is 16.6. The first-order valence-electron chi connectivity index (χ1n) is 6.92. The van der Waals surface area contributed by atoms with Crippen molar-refractivity contribution in [1.29, 1.82) is 0 Å². The molecule has 0 bridgehead atoms. The lowest BCUT2D eigenvalue weighted by Crippen LogP contribution is -2.38. The largest absolute Gasteiger partial charge is 0.479 e. The van der Waals surface area contributed by atoms with Crippen molar-refractivity contribution in [3.05, 3.63) is 35.4 Å². The van der Waals surface area contributed by atoms with Crippen molar-refractivity contribution in [2.24, 2.45) is 0 Å². The fraction of sp³-hybridized carbons (Fsp3) is 0.500. The molecule has 1 rings (SSSR count). The quantitative estimate of drug-likeness (QED) is 0.891. The normalized spacial score (nSPS) is 12.9. The van der Waals surface area contributed by atoms with Crippen LogP contribution in [0.25, 0.3) is 0 Å². The van der Waals surface area contributed by atoms with Crippen molar-refractivity contribution in [3.63, 3.8) is 0 Å². The van der Waals surface area contributed by atoms with Crippen LogP contribution in [-0.4, -0.2) is 22.8 Å². The summed E-state index contributed by atoms with van der Waals surface area (Å²) >= 11 is 0. The lowest BCUT2D eigenvalue weighted by Gasteiger charge is -2.22. The number of carbonyl (C=O) groups is 2. The number of benzene rings is 1. The van der Waals surface area contributed by atoms with Gasteiger partial charge in [-0.2, -0.15) is 0 Å². The van der Waals surface area contributed by atoms with E-state index in [2.05, 4.69) is 19.2 Å². The van der Waals surface area contributed by atoms with Gasteiger partial charge in [0, 0.05) is 0 Å². The number of nitrogens with one attached hydrogen (secondary N) is 1. The molecule has 5 nitrogen and oxygen atoms in total. The van der Waals surface area contributed by atoms with E-state index in [9.17, 15) is 14.7 Å². The van der Waals surface area contributed by atoms with Crippen molar-refractivity contribution >= 4 is 12.1 Å². The molecule has 0 fully saturated rings. The summed E-state index contributed by atoms with van der Waals surface area (Å²) in [5.74, 6) is -0.765. The molecule has 0 radical (unpaired) electrons. The number of carboxylic acid groups (broad SMARTS) is 1. The van der Waals surface area contributed by atoms with E-state index in [-0.39, 0.29) is 0 Å². The Bertz CT molecular complexity index is 500. The Kier molecular flexibility index (Phi) is 5.35. The van der Waals surface area contributed by atoms with Crippen LogP contribution in [0.15, 0.2) is 24.3 Å². The minimum atomic E-state index is -1.13. The molecule has 0 saturated carbocycles. The molecule has 2 N–H and O–H groups in total. The molecule has 1 aromatic carbocycles. The van der Waals surface area contributed by atoms with Crippen LogP contribution in [0.3, 0.4) is 0 Å². The zero-order valence-corrected chi connectivity index (χ0v) is 13.1. The van der Waals surface area contributed by atoms with Crippen molar-refractivity contribution < 1.29 is 19.4 Å². The highest BCUT2D eigenvalue weighted by molar-refractivity contribution is 5.81. The number of carboxylic acids is 1. The summed E-state index contributed by atoms with van der Waals surface area (Å²) in [6, 6.07) is 6.04. The van der Waals surface area contributed by atoms with Gasteiger partial charge in [0.1, 0.15) is 5.60 Å². The molecule has 0 spiro atoms. The number of rotatable bonds is 4. The van der Waals surface area contributed by atoms with E-state index in [0.29, 0.717) is 11.5 Å². The van der Waals surface area contributed by atoms with Gasteiger partial charge in [-0.3, -0.25) is 0 Å². The fourth-order valence-electron chi connectivity index (χ4n) is 1.79. The maximum absolute atomic E-state index is 11.7. The molecule has 0 heterocycles. The second-order valence-corrected chi connectivity index (χ2v) is 6.24. The molecule has 1 aromatic rings. The number of alkyl carbamates (subject to hydrolysis) is 1. The summed E-state index contributed by atoms with van der Waals surface area (Å²) in [5.41, 5.74) is 0.951. The van der Waals surface area contributed by atoms with Crippen molar-refractivity contribution in [2.75, 3.05) is 0 Å². The van der Waals surface area contributed by atoms with E-state index in [1.807, 2.05) is 12.1 Å². The van der Waals surface area contributed by atoms with Crippen LogP contribution in [0.1, 0.15) is 57.7 Å². The van der Waals surface area contributed by atoms with Gasteiger partial charge in [-0.05, 0) is 37.8 Å². The third kappa shape index (κ3) is 5.45. The smallest absolute Gasteiger partial charge is 0.408 e. The van der Waals surface area contributed by atoms with Crippen LogP contribution in [0.5, 0.6) is 0 Å². The van der Waals surface area contributed by atoms with Gasteiger partial charge in [-0.15, -0.1) is 0 Å². The SMILES string of the molecule is CC(C)c1ccc([C@H](NC(=O)OC(C)(C)C)C(=O)O)cc1. The molecule has 1 amide bonds. The van der Waals surface area contributed by atoms with E-state index in [4.69, 9.17) is 4.74 Å². The molecule has 0 aliphatic heterocycles. The molecule has 116 valence electrons. The second kappa shape index (κ2) is 6.61. The Balaban J connectivity index is 2.87. The van der Waals surface area contributed by atoms with Crippen LogP contribution in [0.4, 0.5) is 4.79 Å². The summed E-state index contributed by atoms with van der Waals surface area (Å²) in [6.07, 6.45) is -0.747. The minimum absolute atomic E-state index is 0.362. The summed E-state index contributed by atoms with van der Waals surface area (Å²) in [4.78, 5) is 23.1. The fourth-order valence-corrected chi connectivity index (χ4v) is 1.79. The van der Waals surface area contributed by atoms with Gasteiger partial charge < -0.3 is 15.2 Å². The summed E-state index contributed by atoms with van der Waals surface area (Å²) in [6.45, 7) is 9.28. The minimum Gasteiger partial charge on any atom is -0.479 e.